The standard InChI is InChI=1S/C14H14ClFN2O2S.ClH/c15-12-7-6-11(16)8-14(12)21(19,20)18-9-13(17)10-4-2-1-3-5-10;/h1-8,13,18H,9,17H2;1H. The number of halogens is 3. The van der Waals surface area contributed by atoms with Crippen LogP contribution in [0.3, 0.4) is 0 Å². The summed E-state index contributed by atoms with van der Waals surface area (Å²) < 4.78 is 39.7. The Morgan fingerprint density at radius 2 is 1.82 bits per heavy atom. The minimum atomic E-state index is -3.92. The third kappa shape index (κ3) is 4.66. The lowest BCUT2D eigenvalue weighted by Gasteiger charge is -2.14. The summed E-state index contributed by atoms with van der Waals surface area (Å²) in [5.74, 6) is -0.674. The van der Waals surface area contributed by atoms with Gasteiger partial charge in [-0.3, -0.25) is 0 Å². The van der Waals surface area contributed by atoms with Gasteiger partial charge < -0.3 is 5.73 Å². The zero-order valence-electron chi connectivity index (χ0n) is 11.4. The van der Waals surface area contributed by atoms with E-state index in [0.717, 1.165) is 17.7 Å². The van der Waals surface area contributed by atoms with Gasteiger partial charge in [0.2, 0.25) is 10.0 Å². The van der Waals surface area contributed by atoms with Gasteiger partial charge in [0.15, 0.2) is 0 Å². The van der Waals surface area contributed by atoms with E-state index in [9.17, 15) is 12.8 Å². The molecular formula is C14H15Cl2FN2O2S. The van der Waals surface area contributed by atoms with Crippen LogP contribution in [0.15, 0.2) is 53.4 Å². The molecule has 3 N–H and O–H groups in total. The van der Waals surface area contributed by atoms with Gasteiger partial charge in [-0.2, -0.15) is 0 Å². The zero-order chi connectivity index (χ0) is 15.5. The first-order valence-electron chi connectivity index (χ1n) is 6.15. The Labute approximate surface area is 139 Å². The first-order valence-corrected chi connectivity index (χ1v) is 8.01. The van der Waals surface area contributed by atoms with Crippen LogP contribution >= 0.6 is 24.0 Å². The van der Waals surface area contributed by atoms with Crippen LogP contribution in [-0.2, 0) is 10.0 Å². The molecule has 0 radical (unpaired) electrons. The van der Waals surface area contributed by atoms with Gasteiger partial charge in [0.25, 0.3) is 0 Å². The lowest BCUT2D eigenvalue weighted by molar-refractivity contribution is 0.569. The van der Waals surface area contributed by atoms with Crippen molar-refractivity contribution >= 4 is 34.0 Å². The molecule has 0 aliphatic heterocycles. The van der Waals surface area contributed by atoms with Crippen molar-refractivity contribution in [2.24, 2.45) is 5.73 Å². The molecule has 0 saturated heterocycles. The fraction of sp³-hybridized carbons (Fsp3) is 0.143. The summed E-state index contributed by atoms with van der Waals surface area (Å²) in [6.07, 6.45) is 0. The van der Waals surface area contributed by atoms with E-state index in [1.165, 1.54) is 6.07 Å². The highest BCUT2D eigenvalue weighted by molar-refractivity contribution is 7.89. The Kier molecular flexibility index (Phi) is 6.77. The maximum Gasteiger partial charge on any atom is 0.242 e. The van der Waals surface area contributed by atoms with Crippen LogP contribution in [0.2, 0.25) is 5.02 Å². The maximum absolute atomic E-state index is 13.2. The second-order valence-corrected chi connectivity index (χ2v) is 6.59. The van der Waals surface area contributed by atoms with Crippen molar-refractivity contribution in [2.45, 2.75) is 10.9 Å². The molecule has 1 unspecified atom stereocenters. The Balaban J connectivity index is 0.00000242. The molecule has 0 heterocycles. The Hall–Kier alpha value is -1.18. The molecule has 2 aromatic rings. The quantitative estimate of drug-likeness (QED) is 0.856. The zero-order valence-corrected chi connectivity index (χ0v) is 13.8. The number of hydrogen-bond acceptors (Lipinski definition) is 3. The highest BCUT2D eigenvalue weighted by atomic mass is 35.5. The largest absolute Gasteiger partial charge is 0.323 e. The average Bonchev–Trinajstić information content (AvgIpc) is 2.48. The van der Waals surface area contributed by atoms with Gasteiger partial charge in [-0.05, 0) is 23.8 Å². The number of benzene rings is 2. The highest BCUT2D eigenvalue weighted by Gasteiger charge is 2.19. The van der Waals surface area contributed by atoms with Crippen molar-refractivity contribution in [1.82, 2.24) is 4.72 Å². The summed E-state index contributed by atoms with van der Waals surface area (Å²) >= 11 is 5.80. The lowest BCUT2D eigenvalue weighted by atomic mass is 10.1. The van der Waals surface area contributed by atoms with Crippen LogP contribution < -0.4 is 10.5 Å². The molecule has 120 valence electrons. The van der Waals surface area contributed by atoms with Crippen molar-refractivity contribution in [3.63, 3.8) is 0 Å². The SMILES string of the molecule is Cl.NC(CNS(=O)(=O)c1cc(F)ccc1Cl)c1ccccc1. The predicted molar refractivity (Wildman–Crippen MR) is 87.2 cm³/mol. The molecular weight excluding hydrogens is 350 g/mol. The van der Waals surface area contributed by atoms with Crippen LogP contribution in [0.4, 0.5) is 4.39 Å². The molecule has 0 aliphatic carbocycles. The van der Waals surface area contributed by atoms with Crippen LogP contribution in [0.1, 0.15) is 11.6 Å². The predicted octanol–water partition coefficient (Wildman–Crippen LogP) is 2.88. The van der Waals surface area contributed by atoms with E-state index in [2.05, 4.69) is 4.72 Å². The molecule has 22 heavy (non-hydrogen) atoms. The minimum Gasteiger partial charge on any atom is -0.323 e. The van der Waals surface area contributed by atoms with Gasteiger partial charge >= 0.3 is 0 Å². The van der Waals surface area contributed by atoms with E-state index < -0.39 is 21.9 Å². The number of nitrogens with one attached hydrogen (secondary N) is 1. The van der Waals surface area contributed by atoms with Crippen molar-refractivity contribution < 1.29 is 12.8 Å². The molecule has 0 fully saturated rings. The normalized spacial score (nSPS) is 12.5. The smallest absolute Gasteiger partial charge is 0.242 e. The first kappa shape index (κ1) is 18.9. The van der Waals surface area contributed by atoms with Crippen LogP contribution in [0.25, 0.3) is 0 Å². The molecule has 0 aromatic heterocycles. The summed E-state index contributed by atoms with van der Waals surface area (Å²) in [5.41, 5.74) is 6.71. The summed E-state index contributed by atoms with van der Waals surface area (Å²) in [5, 5.41) is -0.0443. The summed E-state index contributed by atoms with van der Waals surface area (Å²) in [7, 11) is -3.92. The average molecular weight is 365 g/mol. The van der Waals surface area contributed by atoms with E-state index in [-0.39, 0.29) is 28.9 Å². The monoisotopic (exact) mass is 364 g/mol. The Morgan fingerprint density at radius 3 is 2.45 bits per heavy atom. The second-order valence-electron chi connectivity index (χ2n) is 4.44. The van der Waals surface area contributed by atoms with Crippen LogP contribution in [0, 0.1) is 5.82 Å². The molecule has 0 spiro atoms. The number of nitrogens with two attached hydrogens (primary N) is 1. The molecule has 1 atom stereocenters. The Bertz CT molecular complexity index is 727. The van der Waals surface area contributed by atoms with E-state index in [1.54, 1.807) is 12.1 Å². The lowest BCUT2D eigenvalue weighted by Crippen LogP contribution is -2.32. The van der Waals surface area contributed by atoms with Crippen molar-refractivity contribution in [3.8, 4) is 0 Å². The van der Waals surface area contributed by atoms with E-state index in [0.29, 0.717) is 0 Å². The van der Waals surface area contributed by atoms with Crippen molar-refractivity contribution in [2.75, 3.05) is 6.54 Å². The molecule has 4 nitrogen and oxygen atoms in total. The van der Waals surface area contributed by atoms with Crippen molar-refractivity contribution in [1.29, 1.82) is 0 Å². The van der Waals surface area contributed by atoms with Gasteiger partial charge in [0, 0.05) is 12.6 Å². The van der Waals surface area contributed by atoms with E-state index in [4.69, 9.17) is 17.3 Å². The molecule has 2 rings (SSSR count). The molecule has 0 aliphatic rings. The van der Waals surface area contributed by atoms with Crippen LogP contribution in [-0.4, -0.2) is 15.0 Å². The van der Waals surface area contributed by atoms with E-state index in [1.807, 2.05) is 18.2 Å². The molecule has 0 bridgehead atoms. The number of sulfonamides is 1. The number of rotatable bonds is 5. The molecule has 0 amide bonds. The van der Waals surface area contributed by atoms with Gasteiger partial charge in [-0.25, -0.2) is 17.5 Å². The first-order chi connectivity index (χ1) is 9.90. The summed E-state index contributed by atoms with van der Waals surface area (Å²) in [6, 6.07) is 11.7. The van der Waals surface area contributed by atoms with Gasteiger partial charge in [0.05, 0.1) is 5.02 Å². The maximum atomic E-state index is 13.2. The van der Waals surface area contributed by atoms with Crippen LogP contribution in [0.5, 0.6) is 0 Å². The fourth-order valence-corrected chi connectivity index (χ4v) is 3.35. The molecule has 0 saturated carbocycles. The second kappa shape index (κ2) is 7.89. The van der Waals surface area contributed by atoms with Gasteiger partial charge in [-0.1, -0.05) is 41.9 Å². The minimum absolute atomic E-state index is 0. The fourth-order valence-electron chi connectivity index (χ4n) is 1.78. The third-order valence-corrected chi connectivity index (χ3v) is 4.81. The summed E-state index contributed by atoms with van der Waals surface area (Å²) in [6.45, 7) is -0.0147. The van der Waals surface area contributed by atoms with Crippen molar-refractivity contribution in [3.05, 3.63) is 64.9 Å². The topological polar surface area (TPSA) is 72.2 Å². The Morgan fingerprint density at radius 1 is 1.18 bits per heavy atom. The molecule has 8 heteroatoms. The van der Waals surface area contributed by atoms with Gasteiger partial charge in [-0.15, -0.1) is 12.4 Å². The van der Waals surface area contributed by atoms with Gasteiger partial charge in [0.1, 0.15) is 10.7 Å². The third-order valence-electron chi connectivity index (χ3n) is 2.90. The number of hydrogen-bond donors (Lipinski definition) is 2. The molecule has 2 aromatic carbocycles. The van der Waals surface area contributed by atoms with E-state index >= 15 is 0 Å². The summed E-state index contributed by atoms with van der Waals surface area (Å²) in [4.78, 5) is -0.301. The highest BCUT2D eigenvalue weighted by Crippen LogP contribution is 2.22.